The highest BCUT2D eigenvalue weighted by molar-refractivity contribution is 5.89. The van der Waals surface area contributed by atoms with Crippen molar-refractivity contribution >= 4 is 10.9 Å². The molecule has 74 valence electrons. The standard InChI is InChI=1S/C11H13NO2/c1-13-7-8-6-12-9-4-3-5-10(14-2)11(8)9/h3-6,12H,7H2,1-2H3. The fraction of sp³-hybridized carbons (Fsp3) is 0.273. The Morgan fingerprint density at radius 1 is 1.29 bits per heavy atom. The van der Waals surface area contributed by atoms with E-state index in [9.17, 15) is 0 Å². The largest absolute Gasteiger partial charge is 0.496 e. The third kappa shape index (κ3) is 1.36. The fourth-order valence-corrected chi connectivity index (χ4v) is 1.66. The molecule has 1 heterocycles. The molecule has 3 nitrogen and oxygen atoms in total. The van der Waals surface area contributed by atoms with Crippen molar-refractivity contribution in [3.8, 4) is 5.75 Å². The molecule has 0 saturated heterocycles. The highest BCUT2D eigenvalue weighted by atomic mass is 16.5. The maximum absolute atomic E-state index is 5.30. The number of rotatable bonds is 3. The Labute approximate surface area is 82.6 Å². The van der Waals surface area contributed by atoms with Gasteiger partial charge in [0.25, 0.3) is 0 Å². The summed E-state index contributed by atoms with van der Waals surface area (Å²) in [6.07, 6.45) is 1.96. The van der Waals surface area contributed by atoms with E-state index >= 15 is 0 Å². The van der Waals surface area contributed by atoms with E-state index in [1.54, 1.807) is 14.2 Å². The van der Waals surface area contributed by atoms with E-state index in [0.29, 0.717) is 6.61 Å². The molecular weight excluding hydrogens is 178 g/mol. The first-order chi connectivity index (χ1) is 6.86. The number of methoxy groups -OCH3 is 2. The van der Waals surface area contributed by atoms with Crippen LogP contribution in [0.2, 0.25) is 0 Å². The summed E-state index contributed by atoms with van der Waals surface area (Å²) >= 11 is 0. The molecule has 0 radical (unpaired) electrons. The monoisotopic (exact) mass is 191 g/mol. The Morgan fingerprint density at radius 2 is 2.14 bits per heavy atom. The summed E-state index contributed by atoms with van der Waals surface area (Å²) < 4.78 is 10.4. The molecule has 14 heavy (non-hydrogen) atoms. The van der Waals surface area contributed by atoms with Gasteiger partial charge in [-0.3, -0.25) is 0 Å². The first kappa shape index (κ1) is 9.09. The summed E-state index contributed by atoms with van der Waals surface area (Å²) in [5, 5.41) is 1.11. The van der Waals surface area contributed by atoms with Gasteiger partial charge in [0.1, 0.15) is 5.75 Å². The SMILES string of the molecule is COCc1c[nH]c2cccc(OC)c12. The summed E-state index contributed by atoms with van der Waals surface area (Å²) in [6, 6.07) is 5.95. The van der Waals surface area contributed by atoms with Crippen LogP contribution in [0.4, 0.5) is 0 Å². The second-order valence-electron chi connectivity index (χ2n) is 3.13. The minimum atomic E-state index is 0.598. The third-order valence-corrected chi connectivity index (χ3v) is 2.27. The van der Waals surface area contributed by atoms with Crippen LogP contribution in [-0.4, -0.2) is 19.2 Å². The molecular formula is C11H13NO2. The van der Waals surface area contributed by atoms with Crippen LogP contribution in [0.15, 0.2) is 24.4 Å². The lowest BCUT2D eigenvalue weighted by Crippen LogP contribution is -1.88. The molecule has 0 atom stereocenters. The van der Waals surface area contributed by atoms with Crippen LogP contribution in [0.3, 0.4) is 0 Å². The van der Waals surface area contributed by atoms with Gasteiger partial charge in [-0.25, -0.2) is 0 Å². The molecule has 0 fully saturated rings. The van der Waals surface area contributed by atoms with Crippen LogP contribution in [0.1, 0.15) is 5.56 Å². The van der Waals surface area contributed by atoms with Gasteiger partial charge in [0.2, 0.25) is 0 Å². The van der Waals surface area contributed by atoms with Crippen LogP contribution in [0.5, 0.6) is 5.75 Å². The lowest BCUT2D eigenvalue weighted by atomic mass is 10.1. The summed E-state index contributed by atoms with van der Waals surface area (Å²) in [4.78, 5) is 3.19. The molecule has 0 aliphatic heterocycles. The Balaban J connectivity index is 2.62. The number of aromatic amines is 1. The van der Waals surface area contributed by atoms with Gasteiger partial charge >= 0.3 is 0 Å². The highest BCUT2D eigenvalue weighted by Gasteiger charge is 2.07. The average molecular weight is 191 g/mol. The van der Waals surface area contributed by atoms with E-state index in [4.69, 9.17) is 9.47 Å². The number of hydrogen-bond acceptors (Lipinski definition) is 2. The van der Waals surface area contributed by atoms with Crippen LogP contribution in [-0.2, 0) is 11.3 Å². The molecule has 2 aromatic rings. The van der Waals surface area contributed by atoms with E-state index in [1.165, 1.54) is 0 Å². The van der Waals surface area contributed by atoms with Gasteiger partial charge in [-0.2, -0.15) is 0 Å². The lowest BCUT2D eigenvalue weighted by Gasteiger charge is -2.03. The van der Waals surface area contributed by atoms with Gasteiger partial charge in [0.15, 0.2) is 0 Å². The lowest BCUT2D eigenvalue weighted by molar-refractivity contribution is 0.186. The van der Waals surface area contributed by atoms with Crippen LogP contribution in [0, 0.1) is 0 Å². The predicted octanol–water partition coefficient (Wildman–Crippen LogP) is 2.32. The molecule has 0 spiro atoms. The van der Waals surface area contributed by atoms with Gasteiger partial charge < -0.3 is 14.5 Å². The second kappa shape index (κ2) is 3.72. The first-order valence-corrected chi connectivity index (χ1v) is 4.48. The number of aromatic nitrogens is 1. The van der Waals surface area contributed by atoms with Gasteiger partial charge in [0.05, 0.1) is 13.7 Å². The zero-order valence-corrected chi connectivity index (χ0v) is 8.33. The number of nitrogens with one attached hydrogen (secondary N) is 1. The quantitative estimate of drug-likeness (QED) is 0.807. The fourth-order valence-electron chi connectivity index (χ4n) is 1.66. The maximum Gasteiger partial charge on any atom is 0.128 e. The minimum Gasteiger partial charge on any atom is -0.496 e. The number of fused-ring (bicyclic) bond motifs is 1. The molecule has 2 rings (SSSR count). The molecule has 0 aliphatic carbocycles. The Bertz CT molecular complexity index is 434. The van der Waals surface area contributed by atoms with Gasteiger partial charge in [-0.1, -0.05) is 6.07 Å². The van der Waals surface area contributed by atoms with Crippen molar-refractivity contribution in [1.82, 2.24) is 4.98 Å². The number of benzene rings is 1. The van der Waals surface area contributed by atoms with Crippen LogP contribution in [0.25, 0.3) is 10.9 Å². The van der Waals surface area contributed by atoms with E-state index in [2.05, 4.69) is 4.98 Å². The first-order valence-electron chi connectivity index (χ1n) is 4.48. The van der Waals surface area contributed by atoms with E-state index < -0.39 is 0 Å². The van der Waals surface area contributed by atoms with E-state index in [-0.39, 0.29) is 0 Å². The molecule has 0 aliphatic rings. The Morgan fingerprint density at radius 3 is 2.86 bits per heavy atom. The summed E-state index contributed by atoms with van der Waals surface area (Å²) in [5.41, 5.74) is 2.20. The number of ether oxygens (including phenoxy) is 2. The van der Waals surface area contributed by atoms with Crippen molar-refractivity contribution in [1.29, 1.82) is 0 Å². The molecule has 3 heteroatoms. The van der Waals surface area contributed by atoms with Crippen molar-refractivity contribution in [3.63, 3.8) is 0 Å². The third-order valence-electron chi connectivity index (χ3n) is 2.27. The Hall–Kier alpha value is -1.48. The molecule has 1 N–H and O–H groups in total. The summed E-state index contributed by atoms with van der Waals surface area (Å²) in [6.45, 7) is 0.598. The van der Waals surface area contributed by atoms with Gasteiger partial charge in [-0.05, 0) is 12.1 Å². The topological polar surface area (TPSA) is 34.2 Å². The molecule has 1 aromatic heterocycles. The van der Waals surface area contributed by atoms with Crippen molar-refractivity contribution < 1.29 is 9.47 Å². The minimum absolute atomic E-state index is 0.598. The van der Waals surface area contributed by atoms with Gasteiger partial charge in [0, 0.05) is 29.8 Å². The molecule has 1 aromatic carbocycles. The summed E-state index contributed by atoms with van der Waals surface area (Å²) in [5.74, 6) is 0.885. The highest BCUT2D eigenvalue weighted by Crippen LogP contribution is 2.28. The average Bonchev–Trinajstić information content (AvgIpc) is 2.62. The Kier molecular flexibility index (Phi) is 2.41. The molecule has 0 amide bonds. The van der Waals surface area contributed by atoms with Crippen molar-refractivity contribution in [2.45, 2.75) is 6.61 Å². The molecule has 0 saturated carbocycles. The van der Waals surface area contributed by atoms with Crippen molar-refractivity contribution in [2.75, 3.05) is 14.2 Å². The van der Waals surface area contributed by atoms with Crippen LogP contribution >= 0.6 is 0 Å². The predicted molar refractivity (Wildman–Crippen MR) is 55.6 cm³/mol. The van der Waals surface area contributed by atoms with Crippen LogP contribution < -0.4 is 4.74 Å². The van der Waals surface area contributed by atoms with E-state index in [0.717, 1.165) is 22.2 Å². The maximum atomic E-state index is 5.30. The van der Waals surface area contributed by atoms with Crippen molar-refractivity contribution in [3.05, 3.63) is 30.0 Å². The zero-order chi connectivity index (χ0) is 9.97. The number of H-pyrrole nitrogens is 1. The normalized spacial score (nSPS) is 10.7. The smallest absolute Gasteiger partial charge is 0.128 e. The number of hydrogen-bond donors (Lipinski definition) is 1. The summed E-state index contributed by atoms with van der Waals surface area (Å²) in [7, 11) is 3.37. The molecule has 0 bridgehead atoms. The molecule has 0 unspecified atom stereocenters. The second-order valence-corrected chi connectivity index (χ2v) is 3.13. The van der Waals surface area contributed by atoms with Gasteiger partial charge in [-0.15, -0.1) is 0 Å². The van der Waals surface area contributed by atoms with E-state index in [1.807, 2.05) is 24.4 Å². The zero-order valence-electron chi connectivity index (χ0n) is 8.33. The van der Waals surface area contributed by atoms with Crippen molar-refractivity contribution in [2.24, 2.45) is 0 Å².